The van der Waals surface area contributed by atoms with Gasteiger partial charge in [0.15, 0.2) is 4.90 Å². The highest BCUT2D eigenvalue weighted by Crippen LogP contribution is 2.39. The molecule has 1 atom stereocenters. The number of rotatable bonds is 13. The highest BCUT2D eigenvalue weighted by atomic mass is 35.5. The van der Waals surface area contributed by atoms with Gasteiger partial charge in [-0.3, -0.25) is 24.7 Å². The Hall–Kier alpha value is -4.84. The Morgan fingerprint density at radius 3 is 2.42 bits per heavy atom. The second kappa shape index (κ2) is 20.2. The second-order valence-corrected chi connectivity index (χ2v) is 20.2. The van der Waals surface area contributed by atoms with Gasteiger partial charge in [0.2, 0.25) is 0 Å². The maximum atomic E-state index is 14.1. The normalized spacial score (nSPS) is 21.1. The van der Waals surface area contributed by atoms with Crippen LogP contribution in [-0.4, -0.2) is 113 Å². The number of nitro groups is 1. The van der Waals surface area contributed by atoms with Gasteiger partial charge in [0.25, 0.3) is 11.6 Å². The lowest BCUT2D eigenvalue weighted by atomic mass is 9.87. The molecule has 14 nitrogen and oxygen atoms in total. The minimum absolute atomic E-state index is 0.0740. The molecule has 348 valence electrons. The fraction of sp³-hybridized carbons (Fsp3) is 0.408. The number of anilines is 2. The third kappa shape index (κ3) is 10.8. The zero-order valence-electron chi connectivity index (χ0n) is 37.2. The predicted molar refractivity (Wildman–Crippen MR) is 261 cm³/mol. The van der Waals surface area contributed by atoms with Gasteiger partial charge in [-0.1, -0.05) is 35.3 Å². The molecule has 4 heterocycles. The number of benzene rings is 4. The van der Waals surface area contributed by atoms with Crippen molar-refractivity contribution in [1.82, 2.24) is 19.5 Å². The van der Waals surface area contributed by atoms with E-state index in [4.69, 9.17) is 37.4 Å². The number of carbonyl (C=O) groups is 1. The third-order valence-electron chi connectivity index (χ3n) is 13.2. The highest BCUT2D eigenvalue weighted by molar-refractivity contribution is 7.90. The lowest BCUT2D eigenvalue weighted by Crippen LogP contribution is -2.47. The lowest BCUT2D eigenvalue weighted by Gasteiger charge is -2.39. The largest absolute Gasteiger partial charge is 0.588 e. The van der Waals surface area contributed by atoms with Crippen LogP contribution in [0.2, 0.25) is 10.0 Å². The standard InChI is InChI=1S/C49H55Cl2N7O7S/c1-49(2)29-41(32-3-5-35(50)6-4-32)34(31-64-49)30-55-17-19-56(20-18-55)38-11-13-40(46(26-38)65-47-25-33-15-16-52-44(33)28-42(47)51)48(59)54-66(62)39-12-14-43(45(27-39)58(60)61)53-36-7-9-37(10-8-36)57-21-23-63-24-22-57/h3-6,11-16,25-28,36-37,52-53H,7-10,17-24,29-31H2,1-2H3,(H,54,59). The Balaban J connectivity index is 0.899. The summed E-state index contributed by atoms with van der Waals surface area (Å²) in [6.45, 7) is 12.0. The molecule has 0 radical (unpaired) electrons. The molecule has 9 rings (SSSR count). The Morgan fingerprint density at radius 2 is 1.68 bits per heavy atom. The molecule has 2 saturated heterocycles. The smallest absolute Gasteiger partial charge is 0.297 e. The van der Waals surface area contributed by atoms with Crippen LogP contribution in [0.1, 0.15) is 61.9 Å². The Bertz CT molecular complexity index is 2590. The molecular weight excluding hydrogens is 902 g/mol. The van der Waals surface area contributed by atoms with E-state index in [2.05, 4.69) is 55.7 Å². The van der Waals surface area contributed by atoms with Crippen LogP contribution in [-0.2, 0) is 20.8 Å². The number of aromatic nitrogens is 1. The number of nitrogens with zero attached hydrogens (tertiary/aromatic N) is 4. The van der Waals surface area contributed by atoms with Crippen LogP contribution in [0, 0.1) is 10.1 Å². The molecule has 3 N–H and O–H groups in total. The summed E-state index contributed by atoms with van der Waals surface area (Å²) in [6, 6.07) is 23.8. The van der Waals surface area contributed by atoms with E-state index in [0.29, 0.717) is 34.1 Å². The van der Waals surface area contributed by atoms with Crippen molar-refractivity contribution in [2.24, 2.45) is 0 Å². The van der Waals surface area contributed by atoms with E-state index < -0.39 is 22.2 Å². The summed E-state index contributed by atoms with van der Waals surface area (Å²) in [6.07, 6.45) is 6.37. The van der Waals surface area contributed by atoms with Crippen molar-refractivity contribution in [1.29, 1.82) is 0 Å². The number of nitro benzene ring substituents is 1. The maximum Gasteiger partial charge on any atom is 0.297 e. The van der Waals surface area contributed by atoms with Gasteiger partial charge in [-0.05, 0) is 111 Å². The second-order valence-electron chi connectivity index (χ2n) is 18.1. The number of nitrogens with one attached hydrogen (secondary N) is 3. The number of hydrogen-bond acceptors (Lipinski definition) is 11. The molecule has 5 aromatic rings. The average molecular weight is 957 g/mol. The number of halogens is 2. The van der Waals surface area contributed by atoms with Crippen molar-refractivity contribution < 1.29 is 28.5 Å². The summed E-state index contributed by atoms with van der Waals surface area (Å²) in [7, 11) is 0. The number of amides is 1. The third-order valence-corrected chi connectivity index (χ3v) is 14.8. The van der Waals surface area contributed by atoms with E-state index in [1.54, 1.807) is 36.5 Å². The summed E-state index contributed by atoms with van der Waals surface area (Å²) >= 11 is 10.8. The molecule has 66 heavy (non-hydrogen) atoms. The fourth-order valence-electron chi connectivity index (χ4n) is 9.58. The van der Waals surface area contributed by atoms with Crippen molar-refractivity contribution in [3.63, 3.8) is 0 Å². The van der Waals surface area contributed by atoms with Crippen molar-refractivity contribution in [2.45, 2.75) is 68.5 Å². The van der Waals surface area contributed by atoms with Crippen molar-refractivity contribution in [3.05, 3.63) is 122 Å². The molecule has 3 aliphatic heterocycles. The van der Waals surface area contributed by atoms with Gasteiger partial charge in [0.05, 0.1) is 47.0 Å². The minimum atomic E-state index is -2.14. The van der Waals surface area contributed by atoms with Gasteiger partial charge < -0.3 is 34.0 Å². The number of H-pyrrole nitrogens is 1. The van der Waals surface area contributed by atoms with Gasteiger partial charge in [-0.2, -0.15) is 4.72 Å². The zero-order valence-corrected chi connectivity index (χ0v) is 39.5. The first-order valence-corrected chi connectivity index (χ1v) is 24.5. The monoisotopic (exact) mass is 955 g/mol. The predicted octanol–water partition coefficient (Wildman–Crippen LogP) is 9.46. The molecule has 1 saturated carbocycles. The van der Waals surface area contributed by atoms with Crippen LogP contribution in [0.3, 0.4) is 0 Å². The number of piperazine rings is 1. The first-order chi connectivity index (χ1) is 31.9. The van der Waals surface area contributed by atoms with Crippen LogP contribution in [0.25, 0.3) is 16.5 Å². The fourth-order valence-corrected chi connectivity index (χ4v) is 10.7. The molecule has 1 aromatic heterocycles. The SMILES string of the molecule is CC1(C)CC(c2ccc(Cl)cc2)=C(CN2CCN(c3ccc(C(=O)N[S+]([O-])c4ccc(NC5CCC(N6CCOCC6)CC5)c([N+](=O)[O-])c4)c(Oc4cc5cc[nH]c5cc4Cl)c3)CC2)CO1. The molecule has 1 unspecified atom stereocenters. The Kier molecular flexibility index (Phi) is 14.1. The van der Waals surface area contributed by atoms with Crippen LogP contribution in [0.5, 0.6) is 11.5 Å². The molecule has 17 heteroatoms. The average Bonchev–Trinajstić information content (AvgIpc) is 3.77. The van der Waals surface area contributed by atoms with Gasteiger partial charge >= 0.3 is 0 Å². The quantitative estimate of drug-likeness (QED) is 0.0586. The van der Waals surface area contributed by atoms with Gasteiger partial charge in [-0.15, -0.1) is 0 Å². The van der Waals surface area contributed by atoms with E-state index in [9.17, 15) is 19.5 Å². The van der Waals surface area contributed by atoms with Gasteiger partial charge in [0, 0.05) is 98.2 Å². The molecule has 1 aliphatic carbocycles. The Labute approximate surface area is 398 Å². The summed E-state index contributed by atoms with van der Waals surface area (Å²) in [4.78, 5) is 36.3. The van der Waals surface area contributed by atoms with E-state index in [1.165, 1.54) is 22.8 Å². The van der Waals surface area contributed by atoms with E-state index >= 15 is 0 Å². The molecule has 4 aromatic carbocycles. The molecular formula is C49H55Cl2N7O7S. The summed E-state index contributed by atoms with van der Waals surface area (Å²) in [5.74, 6) is -0.116. The Morgan fingerprint density at radius 1 is 0.924 bits per heavy atom. The van der Waals surface area contributed by atoms with Gasteiger partial charge in [0.1, 0.15) is 28.5 Å². The molecule has 4 aliphatic rings. The van der Waals surface area contributed by atoms with E-state index in [-0.39, 0.29) is 33.5 Å². The van der Waals surface area contributed by atoms with Crippen LogP contribution >= 0.6 is 23.2 Å². The minimum Gasteiger partial charge on any atom is -0.588 e. The molecule has 3 fully saturated rings. The zero-order chi connectivity index (χ0) is 46.0. The number of fused-ring (bicyclic) bond motifs is 1. The van der Waals surface area contributed by atoms with Crippen LogP contribution in [0.15, 0.2) is 95.5 Å². The number of hydrogen-bond donors (Lipinski definition) is 3. The van der Waals surface area contributed by atoms with Gasteiger partial charge in [-0.25, -0.2) is 0 Å². The molecule has 1 amide bonds. The van der Waals surface area contributed by atoms with Crippen molar-refractivity contribution >= 4 is 74.0 Å². The lowest BCUT2D eigenvalue weighted by molar-refractivity contribution is -0.384. The maximum absolute atomic E-state index is 14.1. The number of morpholine rings is 1. The van der Waals surface area contributed by atoms with Crippen molar-refractivity contribution in [3.8, 4) is 11.5 Å². The number of carbonyl (C=O) groups excluding carboxylic acids is 1. The molecule has 0 spiro atoms. The summed E-state index contributed by atoms with van der Waals surface area (Å²) < 4.78 is 34.6. The van der Waals surface area contributed by atoms with Crippen molar-refractivity contribution in [2.75, 3.05) is 75.9 Å². The summed E-state index contributed by atoms with van der Waals surface area (Å²) in [5, 5.41) is 17.6. The number of ether oxygens (including phenoxy) is 3. The summed E-state index contributed by atoms with van der Waals surface area (Å²) in [5.41, 5.74) is 5.43. The van der Waals surface area contributed by atoms with Crippen LogP contribution < -0.4 is 19.7 Å². The molecule has 0 bridgehead atoms. The first-order valence-electron chi connectivity index (χ1n) is 22.6. The number of aromatic amines is 1. The van der Waals surface area contributed by atoms with E-state index in [0.717, 1.165) is 108 Å². The van der Waals surface area contributed by atoms with Crippen LogP contribution in [0.4, 0.5) is 17.1 Å². The topological polar surface area (TPSA) is 161 Å². The van der Waals surface area contributed by atoms with E-state index in [1.807, 2.05) is 30.3 Å². The highest BCUT2D eigenvalue weighted by Gasteiger charge is 2.32. The first kappa shape index (κ1) is 46.3.